The first-order chi connectivity index (χ1) is 24.7. The Bertz CT molecular complexity index is 1390. The van der Waals surface area contributed by atoms with E-state index in [1.165, 1.54) is 0 Å². The molecule has 19 atom stereocenters. The number of hydrogen-bond acceptors (Lipinski definition) is 12. The summed E-state index contributed by atoms with van der Waals surface area (Å²) in [5.74, 6) is 0.853. The molecule has 53 heavy (non-hydrogen) atoms. The molecule has 2 saturated heterocycles. The van der Waals surface area contributed by atoms with Gasteiger partial charge in [0.05, 0.1) is 32.0 Å². The lowest BCUT2D eigenvalue weighted by Gasteiger charge is -2.72. The topological polar surface area (TPSA) is 199 Å². The fraction of sp³-hybridized carbons (Fsp3) is 0.951. The van der Waals surface area contributed by atoms with Crippen LogP contribution in [0, 0.1) is 50.2 Å². The minimum Gasteiger partial charge on any atom is -0.396 e. The average Bonchev–Trinajstić information content (AvgIpc) is 3.10. The van der Waals surface area contributed by atoms with Gasteiger partial charge in [-0.25, -0.2) is 0 Å². The normalized spacial score (nSPS) is 56.6. The van der Waals surface area contributed by atoms with Gasteiger partial charge in [-0.2, -0.15) is 0 Å². The molecule has 0 amide bonds. The summed E-state index contributed by atoms with van der Waals surface area (Å²) in [6.07, 6.45) is -2.99. The van der Waals surface area contributed by atoms with Gasteiger partial charge in [0.15, 0.2) is 12.6 Å². The van der Waals surface area contributed by atoms with E-state index in [9.17, 15) is 40.9 Å². The van der Waals surface area contributed by atoms with E-state index in [0.717, 1.165) is 51.4 Å². The van der Waals surface area contributed by atoms with Crippen molar-refractivity contribution in [1.82, 2.24) is 0 Å². The lowest BCUT2D eigenvalue weighted by molar-refractivity contribution is -0.368. The molecule has 0 aromatic heterocycles. The van der Waals surface area contributed by atoms with Gasteiger partial charge < -0.3 is 59.8 Å². The van der Waals surface area contributed by atoms with Crippen LogP contribution in [0.1, 0.15) is 106 Å². The van der Waals surface area contributed by atoms with Crippen molar-refractivity contribution in [3.8, 4) is 0 Å². The third-order valence-corrected chi connectivity index (χ3v) is 17.1. The molecule has 0 aromatic carbocycles. The molecule has 0 unspecified atom stereocenters. The zero-order valence-corrected chi connectivity index (χ0v) is 32.9. The van der Waals surface area contributed by atoms with Crippen molar-refractivity contribution in [3.63, 3.8) is 0 Å². The summed E-state index contributed by atoms with van der Waals surface area (Å²) in [5, 5.41) is 85.5. The third-order valence-electron chi connectivity index (χ3n) is 17.1. The highest BCUT2D eigenvalue weighted by atomic mass is 16.8. The lowest BCUT2D eigenvalue weighted by Crippen LogP contribution is -2.67. The van der Waals surface area contributed by atoms with Crippen molar-refractivity contribution >= 4 is 0 Å². The van der Waals surface area contributed by atoms with Gasteiger partial charge in [-0.05, 0) is 97.2 Å². The summed E-state index contributed by atoms with van der Waals surface area (Å²) in [4.78, 5) is 0. The quantitative estimate of drug-likeness (QED) is 0.146. The fourth-order valence-electron chi connectivity index (χ4n) is 13.4. The molecule has 4 saturated carbocycles. The van der Waals surface area contributed by atoms with Gasteiger partial charge in [0.1, 0.15) is 42.7 Å². The van der Waals surface area contributed by atoms with E-state index in [1.54, 1.807) is 5.57 Å². The lowest BCUT2D eigenvalue weighted by atomic mass is 9.33. The Hall–Kier alpha value is -0.740. The van der Waals surface area contributed by atoms with Crippen molar-refractivity contribution in [2.24, 2.45) is 50.2 Å². The van der Waals surface area contributed by atoms with Gasteiger partial charge in [-0.15, -0.1) is 0 Å². The number of hydrogen-bond donors (Lipinski definition) is 8. The highest BCUT2D eigenvalue weighted by molar-refractivity contribution is 5.34. The smallest absolute Gasteiger partial charge is 0.187 e. The van der Waals surface area contributed by atoms with Gasteiger partial charge in [-0.3, -0.25) is 0 Å². The zero-order chi connectivity index (χ0) is 38.7. The predicted molar refractivity (Wildman–Crippen MR) is 193 cm³/mol. The van der Waals surface area contributed by atoms with Crippen LogP contribution in [0.2, 0.25) is 0 Å². The molecular weight excluding hydrogens is 684 g/mol. The van der Waals surface area contributed by atoms with E-state index in [-0.39, 0.29) is 52.3 Å². The second-order valence-electron chi connectivity index (χ2n) is 20.3. The molecule has 12 nitrogen and oxygen atoms in total. The van der Waals surface area contributed by atoms with Crippen molar-refractivity contribution in [3.05, 3.63) is 11.6 Å². The molecule has 304 valence electrons. The van der Waals surface area contributed by atoms with Gasteiger partial charge in [0.2, 0.25) is 0 Å². The fourth-order valence-corrected chi connectivity index (χ4v) is 13.4. The first-order valence-electron chi connectivity index (χ1n) is 20.3. The molecule has 0 bridgehead atoms. The summed E-state index contributed by atoms with van der Waals surface area (Å²) in [6.45, 7) is 15.5. The molecule has 8 N–H and O–H groups in total. The Morgan fingerprint density at radius 1 is 0.736 bits per heavy atom. The first kappa shape index (κ1) is 40.5. The zero-order valence-electron chi connectivity index (χ0n) is 32.9. The minimum atomic E-state index is -1.71. The predicted octanol–water partition coefficient (Wildman–Crippen LogP) is 2.40. The van der Waals surface area contributed by atoms with E-state index in [1.807, 2.05) is 0 Å². The Kier molecular flexibility index (Phi) is 10.4. The third kappa shape index (κ3) is 5.98. The Balaban J connectivity index is 1.14. The number of ether oxygens (including phenoxy) is 4. The molecular formula is C41H68O12. The second kappa shape index (κ2) is 13.7. The number of aliphatic hydroxyl groups is 8. The van der Waals surface area contributed by atoms with E-state index in [4.69, 9.17) is 18.9 Å². The summed E-state index contributed by atoms with van der Waals surface area (Å²) >= 11 is 0. The molecule has 5 aliphatic carbocycles. The highest BCUT2D eigenvalue weighted by Crippen LogP contribution is 2.75. The van der Waals surface area contributed by atoms with Gasteiger partial charge in [0, 0.05) is 10.8 Å². The maximum absolute atomic E-state index is 11.5. The van der Waals surface area contributed by atoms with Crippen LogP contribution in [0.4, 0.5) is 0 Å². The molecule has 2 aliphatic heterocycles. The van der Waals surface area contributed by atoms with Crippen molar-refractivity contribution in [2.75, 3.05) is 19.8 Å². The van der Waals surface area contributed by atoms with Crippen LogP contribution >= 0.6 is 0 Å². The Morgan fingerprint density at radius 3 is 2.13 bits per heavy atom. The largest absolute Gasteiger partial charge is 0.396 e. The van der Waals surface area contributed by atoms with E-state index >= 15 is 0 Å². The van der Waals surface area contributed by atoms with Crippen LogP contribution in [0.15, 0.2) is 11.6 Å². The summed E-state index contributed by atoms with van der Waals surface area (Å²) in [6, 6.07) is 0. The standard InChI is InChI=1S/C41H68O12/c1-36(2)16-22-21-8-9-26-38(4)12-11-28(39(5,20-43)25(38)10-13-41(26,7)40(21,6)15-14-37(22,3)27(45)17-36)52-35-33(29(46)23(44)19-50-35)53-34-32(49)31(48)30(47)24(18-42)51-34/h8,22-35,42-49H,9-20H2,1-7H3/t22-,23+,24+,25+,26+,27+,28-,29-,30-,31-,32+,33+,34-,35-,37+,38-,39+,40+,41+/m0/s1. The number of allylic oxidation sites excluding steroid dienone is 2. The molecule has 6 fully saturated rings. The molecule has 0 spiro atoms. The van der Waals surface area contributed by atoms with Crippen molar-refractivity contribution in [2.45, 2.75) is 174 Å². The average molecular weight is 753 g/mol. The van der Waals surface area contributed by atoms with Gasteiger partial charge in [0.25, 0.3) is 0 Å². The van der Waals surface area contributed by atoms with Gasteiger partial charge >= 0.3 is 0 Å². The summed E-state index contributed by atoms with van der Waals surface area (Å²) in [7, 11) is 0. The van der Waals surface area contributed by atoms with Crippen molar-refractivity contribution in [1.29, 1.82) is 0 Å². The van der Waals surface area contributed by atoms with Crippen LogP contribution in [0.25, 0.3) is 0 Å². The van der Waals surface area contributed by atoms with Crippen molar-refractivity contribution < 1.29 is 59.8 Å². The number of fused-ring (bicyclic) bond motifs is 7. The maximum Gasteiger partial charge on any atom is 0.187 e. The van der Waals surface area contributed by atoms with E-state index < -0.39 is 73.4 Å². The summed E-state index contributed by atoms with van der Waals surface area (Å²) < 4.78 is 24.2. The monoisotopic (exact) mass is 752 g/mol. The van der Waals surface area contributed by atoms with Crippen LogP contribution < -0.4 is 0 Å². The number of aliphatic hydroxyl groups excluding tert-OH is 8. The van der Waals surface area contributed by atoms with Crippen LogP contribution in [-0.2, 0) is 18.9 Å². The van der Waals surface area contributed by atoms with Gasteiger partial charge in [-0.1, -0.05) is 60.1 Å². The Morgan fingerprint density at radius 2 is 1.45 bits per heavy atom. The van der Waals surface area contributed by atoms with Crippen LogP contribution in [0.3, 0.4) is 0 Å². The maximum atomic E-state index is 11.5. The molecule has 0 aromatic rings. The SMILES string of the molecule is CC1(C)C[C@@H](O)[C@]2(C)CC[C@]3(C)C(=CC[C@@H]4[C@@]5(C)CC[C@H](O[C@@H]6OC[C@@H](O)[C@H](O)[C@H]6O[C@@H]6O[C@H](CO)[C@H](O)[C@H](O)[C@H]6O)[C@](C)(CO)[C@@H]5CC[C@]43C)[C@@H]2C1. The summed E-state index contributed by atoms with van der Waals surface area (Å²) in [5.41, 5.74) is 0.813. The molecule has 2 heterocycles. The van der Waals surface area contributed by atoms with E-state index in [0.29, 0.717) is 18.3 Å². The van der Waals surface area contributed by atoms with Crippen LogP contribution in [-0.4, -0.2) is 128 Å². The second-order valence-corrected chi connectivity index (χ2v) is 20.3. The van der Waals surface area contributed by atoms with E-state index in [2.05, 4.69) is 54.5 Å². The first-order valence-corrected chi connectivity index (χ1v) is 20.3. The molecule has 7 aliphatic rings. The molecule has 12 heteroatoms. The highest BCUT2D eigenvalue weighted by Gasteiger charge is 2.69. The number of rotatable bonds is 6. The molecule has 0 radical (unpaired) electrons. The Labute approximate surface area is 314 Å². The molecule has 7 rings (SSSR count). The minimum absolute atomic E-state index is 0.00601. The van der Waals surface area contributed by atoms with Crippen LogP contribution in [0.5, 0.6) is 0 Å².